The molecule has 29 heavy (non-hydrogen) atoms. The number of rotatable bonds is 4. The quantitative estimate of drug-likeness (QED) is 0.523. The largest absolute Gasteiger partial charge is 0.353 e. The molecule has 0 saturated carbocycles. The van der Waals surface area contributed by atoms with Crippen LogP contribution in [0.25, 0.3) is 22.8 Å². The lowest BCUT2D eigenvalue weighted by Gasteiger charge is -2.36. The van der Waals surface area contributed by atoms with Crippen molar-refractivity contribution in [1.29, 1.82) is 0 Å². The Kier molecular flexibility index (Phi) is 4.53. The van der Waals surface area contributed by atoms with Crippen molar-refractivity contribution in [3.05, 3.63) is 61.4 Å². The second-order valence-corrected chi connectivity index (χ2v) is 6.59. The Bertz CT molecular complexity index is 1080. The van der Waals surface area contributed by atoms with Crippen LogP contribution in [0.3, 0.4) is 0 Å². The summed E-state index contributed by atoms with van der Waals surface area (Å²) in [5.74, 6) is 2.67. The fourth-order valence-corrected chi connectivity index (χ4v) is 3.36. The van der Waals surface area contributed by atoms with Crippen molar-refractivity contribution in [2.45, 2.75) is 0 Å². The van der Waals surface area contributed by atoms with Gasteiger partial charge in [0.15, 0.2) is 0 Å². The van der Waals surface area contributed by atoms with Crippen molar-refractivity contribution in [3.8, 4) is 22.8 Å². The van der Waals surface area contributed by atoms with E-state index >= 15 is 0 Å². The van der Waals surface area contributed by atoms with E-state index < -0.39 is 0 Å². The summed E-state index contributed by atoms with van der Waals surface area (Å²) < 4.78 is 5.51. The van der Waals surface area contributed by atoms with Crippen molar-refractivity contribution in [1.82, 2.24) is 30.1 Å². The number of piperazine rings is 1. The van der Waals surface area contributed by atoms with Crippen LogP contribution in [0, 0.1) is 0 Å². The fourth-order valence-electron chi connectivity index (χ4n) is 3.36. The number of aromatic nitrogens is 6. The van der Waals surface area contributed by atoms with Crippen molar-refractivity contribution in [2.24, 2.45) is 0 Å². The van der Waals surface area contributed by atoms with Gasteiger partial charge in [-0.1, -0.05) is 11.2 Å². The third kappa shape index (κ3) is 3.49. The zero-order valence-corrected chi connectivity index (χ0v) is 15.6. The van der Waals surface area contributed by atoms with Crippen LogP contribution in [0.5, 0.6) is 0 Å². The fraction of sp³-hybridized carbons (Fsp3) is 0.200. The Morgan fingerprint density at radius 2 is 1.72 bits per heavy atom. The molecule has 0 bridgehead atoms. The SMILES string of the molecule is c1ccc(N2CCN(c3ncncc3-c3nc(-c4cccnc4)no3)CC2)nc1. The molecule has 0 radical (unpaired) electrons. The van der Waals surface area contributed by atoms with Gasteiger partial charge in [0.2, 0.25) is 5.82 Å². The topological polar surface area (TPSA) is 97.0 Å². The Labute approximate surface area is 167 Å². The highest BCUT2D eigenvalue weighted by Crippen LogP contribution is 2.29. The van der Waals surface area contributed by atoms with E-state index in [1.165, 1.54) is 0 Å². The van der Waals surface area contributed by atoms with Crippen LogP contribution < -0.4 is 9.80 Å². The molecule has 9 heteroatoms. The summed E-state index contributed by atoms with van der Waals surface area (Å²) in [4.78, 5) is 26.2. The summed E-state index contributed by atoms with van der Waals surface area (Å²) in [6, 6.07) is 9.69. The lowest BCUT2D eigenvalue weighted by atomic mass is 10.2. The van der Waals surface area contributed by atoms with Crippen LogP contribution in [-0.4, -0.2) is 56.3 Å². The molecule has 5 rings (SSSR count). The predicted molar refractivity (Wildman–Crippen MR) is 107 cm³/mol. The lowest BCUT2D eigenvalue weighted by molar-refractivity contribution is 0.432. The first kappa shape index (κ1) is 17.2. The van der Waals surface area contributed by atoms with E-state index in [1.54, 1.807) is 24.9 Å². The molecule has 0 spiro atoms. The average molecular weight is 386 g/mol. The van der Waals surface area contributed by atoms with E-state index in [1.807, 2.05) is 36.5 Å². The Morgan fingerprint density at radius 1 is 0.828 bits per heavy atom. The molecule has 1 saturated heterocycles. The number of hydrogen-bond donors (Lipinski definition) is 0. The van der Waals surface area contributed by atoms with Gasteiger partial charge in [-0.05, 0) is 24.3 Å². The van der Waals surface area contributed by atoms with Gasteiger partial charge in [0.1, 0.15) is 23.5 Å². The maximum Gasteiger partial charge on any atom is 0.263 e. The molecule has 0 atom stereocenters. The maximum atomic E-state index is 5.51. The molecular formula is C20H18N8O. The predicted octanol–water partition coefficient (Wildman–Crippen LogP) is 2.31. The van der Waals surface area contributed by atoms with E-state index in [2.05, 4.69) is 39.9 Å². The molecule has 1 aliphatic rings. The summed E-state index contributed by atoms with van der Waals surface area (Å²) in [6.07, 6.45) is 8.49. The summed E-state index contributed by atoms with van der Waals surface area (Å²) in [5.41, 5.74) is 1.52. The summed E-state index contributed by atoms with van der Waals surface area (Å²) in [6.45, 7) is 3.32. The van der Waals surface area contributed by atoms with E-state index in [-0.39, 0.29) is 0 Å². The molecule has 1 fully saturated rings. The van der Waals surface area contributed by atoms with E-state index in [9.17, 15) is 0 Å². The molecule has 1 aliphatic heterocycles. The molecule has 0 aliphatic carbocycles. The van der Waals surface area contributed by atoms with Crippen molar-refractivity contribution in [2.75, 3.05) is 36.0 Å². The number of pyridine rings is 2. The standard InChI is InChI=1S/C20H18N8O/c1-2-7-23-17(5-1)27-8-10-28(11-9-27)19-16(13-22-14-24-19)20-25-18(26-29-20)15-4-3-6-21-12-15/h1-7,12-14H,8-11H2. The minimum absolute atomic E-state index is 0.395. The zero-order valence-electron chi connectivity index (χ0n) is 15.6. The Hall–Kier alpha value is -3.88. The summed E-state index contributed by atoms with van der Waals surface area (Å²) in [7, 11) is 0. The van der Waals surface area contributed by atoms with Crippen LogP contribution in [-0.2, 0) is 0 Å². The van der Waals surface area contributed by atoms with Gasteiger partial charge in [0.05, 0.1) is 0 Å². The van der Waals surface area contributed by atoms with Gasteiger partial charge in [-0.25, -0.2) is 15.0 Å². The third-order valence-corrected chi connectivity index (χ3v) is 4.82. The van der Waals surface area contributed by atoms with E-state index in [0.717, 1.165) is 48.9 Å². The molecule has 4 aromatic rings. The molecule has 0 N–H and O–H groups in total. The van der Waals surface area contributed by atoms with Gasteiger partial charge in [0.25, 0.3) is 5.89 Å². The molecule has 5 heterocycles. The summed E-state index contributed by atoms with van der Waals surface area (Å²) in [5, 5.41) is 4.08. The zero-order chi connectivity index (χ0) is 19.5. The second-order valence-electron chi connectivity index (χ2n) is 6.59. The minimum Gasteiger partial charge on any atom is -0.353 e. The highest BCUT2D eigenvalue weighted by molar-refractivity contribution is 5.70. The first-order valence-corrected chi connectivity index (χ1v) is 9.34. The lowest BCUT2D eigenvalue weighted by Crippen LogP contribution is -2.47. The van der Waals surface area contributed by atoms with Gasteiger partial charge >= 0.3 is 0 Å². The minimum atomic E-state index is 0.395. The third-order valence-electron chi connectivity index (χ3n) is 4.82. The summed E-state index contributed by atoms with van der Waals surface area (Å²) >= 11 is 0. The van der Waals surface area contributed by atoms with Crippen LogP contribution >= 0.6 is 0 Å². The van der Waals surface area contributed by atoms with Crippen molar-refractivity contribution in [3.63, 3.8) is 0 Å². The van der Waals surface area contributed by atoms with E-state index in [4.69, 9.17) is 4.52 Å². The molecule has 0 amide bonds. The number of anilines is 2. The van der Waals surface area contributed by atoms with Gasteiger partial charge < -0.3 is 14.3 Å². The molecule has 0 aromatic carbocycles. The van der Waals surface area contributed by atoms with E-state index in [0.29, 0.717) is 11.7 Å². The van der Waals surface area contributed by atoms with Crippen LogP contribution in [0.1, 0.15) is 0 Å². The van der Waals surface area contributed by atoms with Gasteiger partial charge in [-0.2, -0.15) is 4.98 Å². The molecule has 4 aromatic heterocycles. The van der Waals surface area contributed by atoms with Gasteiger partial charge in [-0.15, -0.1) is 0 Å². The van der Waals surface area contributed by atoms with Gasteiger partial charge in [-0.3, -0.25) is 4.98 Å². The van der Waals surface area contributed by atoms with Crippen LogP contribution in [0.15, 0.2) is 66.0 Å². The average Bonchev–Trinajstić information content (AvgIpc) is 3.31. The maximum absolute atomic E-state index is 5.51. The first-order chi connectivity index (χ1) is 14.4. The Balaban J connectivity index is 1.38. The molecule has 0 unspecified atom stereocenters. The number of nitrogens with zero attached hydrogens (tertiary/aromatic N) is 8. The first-order valence-electron chi connectivity index (χ1n) is 9.34. The van der Waals surface area contributed by atoms with Crippen LogP contribution in [0.2, 0.25) is 0 Å². The van der Waals surface area contributed by atoms with Crippen LogP contribution in [0.4, 0.5) is 11.6 Å². The molecule has 144 valence electrons. The Morgan fingerprint density at radius 3 is 2.52 bits per heavy atom. The smallest absolute Gasteiger partial charge is 0.263 e. The van der Waals surface area contributed by atoms with Crippen molar-refractivity contribution < 1.29 is 4.52 Å². The normalized spacial score (nSPS) is 14.2. The highest BCUT2D eigenvalue weighted by atomic mass is 16.5. The monoisotopic (exact) mass is 386 g/mol. The highest BCUT2D eigenvalue weighted by Gasteiger charge is 2.24. The molecular weight excluding hydrogens is 368 g/mol. The molecule has 9 nitrogen and oxygen atoms in total. The second kappa shape index (κ2) is 7.63. The van der Waals surface area contributed by atoms with Gasteiger partial charge in [0, 0.05) is 56.5 Å². The van der Waals surface area contributed by atoms with Crippen molar-refractivity contribution >= 4 is 11.6 Å². The number of hydrogen-bond acceptors (Lipinski definition) is 9.